The van der Waals surface area contributed by atoms with Crippen LogP contribution < -0.4 is 20.6 Å². The second-order valence-corrected chi connectivity index (χ2v) is 9.84. The SMILES string of the molecule is CO/N=C(\C(=O)N[C@@H]1C(=O)N2C(C(=O)[O-])=C(Cn3cc[n+]4cccc(O)c34)CS[C@@H]12)c1csc(N)n1. The second-order valence-electron chi connectivity index (χ2n) is 7.84. The monoisotopic (exact) mass is 529 g/mol. The van der Waals surface area contributed by atoms with E-state index in [-0.39, 0.29) is 40.3 Å². The number of hydrogen-bond acceptors (Lipinski definition) is 11. The average molecular weight is 530 g/mol. The number of β-lactam (4-membered cyclic amide) rings is 1. The highest BCUT2D eigenvalue weighted by atomic mass is 32.2. The van der Waals surface area contributed by atoms with Crippen LogP contribution in [0.1, 0.15) is 5.69 Å². The van der Waals surface area contributed by atoms with Crippen LogP contribution in [0.4, 0.5) is 5.13 Å². The quantitative estimate of drug-likeness (QED) is 0.141. The molecule has 2 aliphatic rings. The van der Waals surface area contributed by atoms with Crippen LogP contribution in [0.25, 0.3) is 5.65 Å². The van der Waals surface area contributed by atoms with Gasteiger partial charge in [0.05, 0.1) is 17.9 Å². The number of amides is 2. The Morgan fingerprint density at radius 1 is 1.44 bits per heavy atom. The summed E-state index contributed by atoms with van der Waals surface area (Å²) in [5.41, 5.74) is 6.34. The normalized spacial score (nSPS) is 19.8. The van der Waals surface area contributed by atoms with Crippen molar-refractivity contribution < 1.29 is 33.8 Å². The molecule has 1 saturated heterocycles. The van der Waals surface area contributed by atoms with Crippen molar-refractivity contribution in [1.29, 1.82) is 0 Å². The molecule has 2 aliphatic heterocycles. The molecule has 36 heavy (non-hydrogen) atoms. The predicted octanol–water partition coefficient (Wildman–Crippen LogP) is -1.57. The van der Waals surface area contributed by atoms with Crippen LogP contribution in [-0.4, -0.2) is 67.3 Å². The molecule has 3 aromatic rings. The van der Waals surface area contributed by atoms with E-state index in [2.05, 4.69) is 15.5 Å². The third-order valence-electron chi connectivity index (χ3n) is 5.70. The van der Waals surface area contributed by atoms with E-state index >= 15 is 0 Å². The van der Waals surface area contributed by atoms with Crippen LogP contribution in [0.15, 0.2) is 52.5 Å². The number of pyridine rings is 1. The number of aliphatic carboxylic acids is 1. The van der Waals surface area contributed by atoms with Gasteiger partial charge in [0.15, 0.2) is 10.8 Å². The number of anilines is 1. The predicted molar refractivity (Wildman–Crippen MR) is 126 cm³/mol. The van der Waals surface area contributed by atoms with Crippen molar-refractivity contribution in [2.24, 2.45) is 5.16 Å². The smallest absolute Gasteiger partial charge is 0.329 e. The number of nitrogens with two attached hydrogens (primary N) is 1. The van der Waals surface area contributed by atoms with Gasteiger partial charge in [-0.2, -0.15) is 4.40 Å². The molecule has 0 unspecified atom stereocenters. The summed E-state index contributed by atoms with van der Waals surface area (Å²) in [4.78, 5) is 47.8. The molecular formula is C21H19N7O6S2. The number of carbonyl (C=O) groups excluding carboxylic acids is 3. The highest BCUT2D eigenvalue weighted by Gasteiger charge is 2.53. The molecule has 2 amide bonds. The standard InChI is InChI=1S/C21H19N7O6S2/c1-34-25-13(11-9-36-21(22)23-11)16(30)24-14-18(31)28-15(20(32)33)10(8-35-19(14)28)7-27-6-5-26-4-2-3-12(29)17(26)27/h2-6,9,14,19H,7-8H2,1H3,(H4-,22,23,24,29,30,32,33)/b25-13-/t14-,19+/m1/s1. The molecule has 0 aliphatic carbocycles. The fourth-order valence-corrected chi connectivity index (χ4v) is 6.05. The van der Waals surface area contributed by atoms with E-state index in [9.17, 15) is 24.6 Å². The molecule has 2 atom stereocenters. The molecule has 0 spiro atoms. The number of thiazole rings is 1. The molecule has 186 valence electrons. The molecule has 13 nitrogen and oxygen atoms in total. The summed E-state index contributed by atoms with van der Waals surface area (Å²) in [5, 5.41) is 29.8. The molecule has 1 fully saturated rings. The minimum absolute atomic E-state index is 0.0256. The fraction of sp³-hybridized carbons (Fsp3) is 0.238. The van der Waals surface area contributed by atoms with Crippen LogP contribution in [0, 0.1) is 0 Å². The van der Waals surface area contributed by atoms with Crippen LogP contribution in [-0.2, 0) is 25.8 Å². The molecular weight excluding hydrogens is 510 g/mol. The summed E-state index contributed by atoms with van der Waals surface area (Å²) < 4.78 is 3.38. The lowest BCUT2D eigenvalue weighted by Crippen LogP contribution is -2.71. The van der Waals surface area contributed by atoms with Crippen molar-refractivity contribution in [3.63, 3.8) is 0 Å². The summed E-state index contributed by atoms with van der Waals surface area (Å²) in [6.45, 7) is 0.119. The van der Waals surface area contributed by atoms with E-state index in [1.54, 1.807) is 33.6 Å². The lowest BCUT2D eigenvalue weighted by atomic mass is 10.0. The molecule has 4 N–H and O–H groups in total. The van der Waals surface area contributed by atoms with Crippen molar-refractivity contribution in [3.8, 4) is 5.75 Å². The first-order chi connectivity index (χ1) is 17.3. The zero-order valence-electron chi connectivity index (χ0n) is 18.7. The fourth-order valence-electron chi connectivity index (χ4n) is 4.17. The van der Waals surface area contributed by atoms with Gasteiger partial charge in [0, 0.05) is 16.7 Å². The average Bonchev–Trinajstić information content (AvgIpc) is 3.47. The molecule has 5 rings (SSSR count). The van der Waals surface area contributed by atoms with Gasteiger partial charge >= 0.3 is 5.65 Å². The van der Waals surface area contributed by atoms with E-state index in [0.29, 0.717) is 11.2 Å². The topological polar surface area (TPSA) is 179 Å². The molecule has 15 heteroatoms. The van der Waals surface area contributed by atoms with Crippen LogP contribution >= 0.6 is 23.1 Å². The number of nitrogens with zero attached hydrogens (tertiary/aromatic N) is 5. The minimum atomic E-state index is -1.50. The number of carboxylic acid groups (broad SMARTS) is 1. The minimum Gasteiger partial charge on any atom is -0.543 e. The number of nitrogens with one attached hydrogen (secondary N) is 1. The number of fused-ring (bicyclic) bond motifs is 2. The summed E-state index contributed by atoms with van der Waals surface area (Å²) in [7, 11) is 1.26. The van der Waals surface area contributed by atoms with Gasteiger partial charge < -0.3 is 30.9 Å². The van der Waals surface area contributed by atoms with Crippen molar-refractivity contribution in [2.45, 2.75) is 18.0 Å². The Morgan fingerprint density at radius 3 is 2.94 bits per heavy atom. The Morgan fingerprint density at radius 2 is 2.25 bits per heavy atom. The number of rotatable bonds is 7. The maximum Gasteiger partial charge on any atom is 0.329 e. The Kier molecular flexibility index (Phi) is 6.01. The molecule has 5 heterocycles. The summed E-state index contributed by atoms with van der Waals surface area (Å²) in [6.07, 6.45) is 5.18. The van der Waals surface area contributed by atoms with Crippen molar-refractivity contribution in [3.05, 3.63) is 53.1 Å². The third-order valence-corrected chi connectivity index (χ3v) is 7.72. The zero-order chi connectivity index (χ0) is 25.6. The molecule has 0 aromatic carbocycles. The van der Waals surface area contributed by atoms with Gasteiger partial charge in [-0.1, -0.05) is 5.16 Å². The number of imidazole rings is 1. The Bertz CT molecular complexity index is 1460. The second kappa shape index (κ2) is 9.16. The molecule has 3 aromatic heterocycles. The first-order valence-corrected chi connectivity index (χ1v) is 12.4. The van der Waals surface area contributed by atoms with Crippen LogP contribution in [0.5, 0.6) is 5.75 Å². The Hall–Kier alpha value is -4.11. The van der Waals surface area contributed by atoms with Gasteiger partial charge in [0.25, 0.3) is 11.8 Å². The van der Waals surface area contributed by atoms with E-state index < -0.39 is 29.2 Å². The zero-order valence-corrected chi connectivity index (χ0v) is 20.3. The first-order valence-electron chi connectivity index (χ1n) is 10.5. The molecule has 0 bridgehead atoms. The van der Waals surface area contributed by atoms with E-state index in [0.717, 1.165) is 16.2 Å². The van der Waals surface area contributed by atoms with Gasteiger partial charge in [0.2, 0.25) is 5.75 Å². The highest BCUT2D eigenvalue weighted by molar-refractivity contribution is 8.00. The highest BCUT2D eigenvalue weighted by Crippen LogP contribution is 2.40. The summed E-state index contributed by atoms with van der Waals surface area (Å²) in [5.74, 6) is -2.51. The number of aromatic hydroxyl groups is 1. The van der Waals surface area contributed by atoms with Gasteiger partial charge in [-0.3, -0.25) is 14.5 Å². The molecule has 0 radical (unpaired) electrons. The summed E-state index contributed by atoms with van der Waals surface area (Å²) in [6, 6.07) is 2.22. The number of nitrogen functional groups attached to an aromatic ring is 1. The van der Waals surface area contributed by atoms with Gasteiger partial charge in [-0.25, -0.2) is 9.55 Å². The van der Waals surface area contributed by atoms with Crippen molar-refractivity contribution in [2.75, 3.05) is 18.6 Å². The van der Waals surface area contributed by atoms with Gasteiger partial charge in [-0.15, -0.1) is 23.1 Å². The number of carboxylic acids is 1. The third kappa shape index (κ3) is 3.91. The number of carbonyl (C=O) groups is 3. The first kappa shape index (κ1) is 23.6. The largest absolute Gasteiger partial charge is 0.543 e. The van der Waals surface area contributed by atoms with E-state index in [1.807, 2.05) is 0 Å². The number of thioether (sulfide) groups is 1. The van der Waals surface area contributed by atoms with Gasteiger partial charge in [0.1, 0.15) is 43.2 Å². The number of hydrogen-bond donors (Lipinski definition) is 3. The van der Waals surface area contributed by atoms with Crippen LogP contribution in [0.2, 0.25) is 0 Å². The van der Waals surface area contributed by atoms with Gasteiger partial charge in [-0.05, 0) is 12.1 Å². The Balaban J connectivity index is 1.38. The van der Waals surface area contributed by atoms with Crippen molar-refractivity contribution in [1.82, 2.24) is 19.8 Å². The van der Waals surface area contributed by atoms with Crippen molar-refractivity contribution >= 4 is 57.4 Å². The number of aromatic nitrogens is 3. The number of oxime groups is 1. The van der Waals surface area contributed by atoms with E-state index in [1.165, 1.54) is 30.3 Å². The maximum atomic E-state index is 13.0. The molecule has 0 saturated carbocycles. The maximum absolute atomic E-state index is 13.0. The van der Waals surface area contributed by atoms with Crippen LogP contribution in [0.3, 0.4) is 0 Å². The Labute approximate surface area is 211 Å². The summed E-state index contributed by atoms with van der Waals surface area (Å²) >= 11 is 2.42. The lowest BCUT2D eigenvalue weighted by molar-refractivity contribution is -0.511. The lowest BCUT2D eigenvalue weighted by Gasteiger charge is -2.50. The van der Waals surface area contributed by atoms with E-state index in [4.69, 9.17) is 10.6 Å².